The van der Waals surface area contributed by atoms with Gasteiger partial charge in [0.2, 0.25) is 0 Å². The van der Waals surface area contributed by atoms with Crippen molar-refractivity contribution >= 4 is 31.8 Å². The number of ketones is 1. The monoisotopic (exact) mass is 522 g/mol. The first-order chi connectivity index (χ1) is 16.5. The number of hydrogen-bond donors (Lipinski definition) is 0. The van der Waals surface area contributed by atoms with Crippen molar-refractivity contribution in [1.29, 1.82) is 0 Å². The van der Waals surface area contributed by atoms with Crippen LogP contribution >= 0.6 is 11.8 Å². The second kappa shape index (κ2) is 15.9. The molecule has 0 radical (unpaired) electrons. The molecule has 0 aromatic heterocycles. The molecule has 0 spiro atoms. The van der Waals surface area contributed by atoms with Gasteiger partial charge in [0, 0.05) is 17.9 Å². The highest BCUT2D eigenvalue weighted by Gasteiger charge is 2.38. The van der Waals surface area contributed by atoms with Crippen LogP contribution in [0.25, 0.3) is 0 Å². The zero-order valence-electron chi connectivity index (χ0n) is 23.6. The van der Waals surface area contributed by atoms with Crippen LogP contribution in [0.4, 0.5) is 0 Å². The van der Waals surface area contributed by atoms with Gasteiger partial charge in [0.1, 0.15) is 0 Å². The molecule has 2 unspecified atom stereocenters. The minimum absolute atomic E-state index is 0.0170. The van der Waals surface area contributed by atoms with Crippen molar-refractivity contribution in [3.8, 4) is 0 Å². The summed E-state index contributed by atoms with van der Waals surface area (Å²) >= 11 is 1.63. The summed E-state index contributed by atoms with van der Waals surface area (Å²) in [5, 5.41) is 0.164. The Hall–Kier alpha value is -1.11. The Bertz CT molecular complexity index is 761. The summed E-state index contributed by atoms with van der Waals surface area (Å²) in [4.78, 5) is 25.2. The van der Waals surface area contributed by atoms with E-state index in [4.69, 9.17) is 9.16 Å². The number of unbranched alkanes of at least 4 members (excludes halogenated alkanes) is 5. The number of allylic oxidation sites excluding steroid dienone is 5. The lowest BCUT2D eigenvalue weighted by Crippen LogP contribution is -2.43. The first-order valence-corrected chi connectivity index (χ1v) is 17.4. The summed E-state index contributed by atoms with van der Waals surface area (Å²) in [6.45, 7) is 15.8. The number of ether oxygens (including phenoxy) is 1. The van der Waals surface area contributed by atoms with Crippen molar-refractivity contribution < 1.29 is 18.8 Å². The number of esters is 1. The lowest BCUT2D eigenvalue weighted by Gasteiger charge is -2.38. The molecule has 1 rings (SSSR count). The highest BCUT2D eigenvalue weighted by atomic mass is 32.2. The molecule has 0 N–H and O–H groups in total. The second-order valence-corrected chi connectivity index (χ2v) is 17.0. The molecule has 0 amide bonds. The molecule has 1 aliphatic rings. The first kappa shape index (κ1) is 31.9. The normalized spacial score (nSPS) is 19.0. The predicted octanol–water partition coefficient (Wildman–Crippen LogP) is 8.40. The number of thioether (sulfide) groups is 1. The summed E-state index contributed by atoms with van der Waals surface area (Å²) in [5.74, 6) is 0.929. The van der Waals surface area contributed by atoms with E-state index >= 15 is 0 Å². The molecule has 2 atom stereocenters. The number of hydrogen-bond acceptors (Lipinski definition) is 5. The number of Topliss-reactive ketones (excluding diaryl/α,β-unsaturated/α-hetero) is 1. The summed E-state index contributed by atoms with van der Waals surface area (Å²) in [6.07, 6.45) is 17.4. The fourth-order valence-electron chi connectivity index (χ4n) is 3.82. The van der Waals surface area contributed by atoms with E-state index in [-0.39, 0.29) is 28.8 Å². The molecule has 0 heterocycles. The average molecular weight is 523 g/mol. The van der Waals surface area contributed by atoms with E-state index in [0.717, 1.165) is 54.8 Å². The van der Waals surface area contributed by atoms with Gasteiger partial charge in [0.05, 0.1) is 18.1 Å². The summed E-state index contributed by atoms with van der Waals surface area (Å²) in [7, 11) is -0.464. The molecule has 0 fully saturated rings. The Morgan fingerprint density at radius 2 is 1.86 bits per heavy atom. The van der Waals surface area contributed by atoms with Crippen molar-refractivity contribution in [3.05, 3.63) is 34.8 Å². The largest absolute Gasteiger partial charge is 0.469 e. The summed E-state index contributed by atoms with van der Waals surface area (Å²) in [5.41, 5.74) is 0.893. The van der Waals surface area contributed by atoms with Crippen molar-refractivity contribution in [1.82, 2.24) is 0 Å². The molecule has 0 saturated carbocycles. The SMILES string of the molecule is CCCCCC(C=CC1C=C(SCC)C(=O)C1=CCCCCCC(=O)OC)O[Si](C)(C)C(C)(C)C. The van der Waals surface area contributed by atoms with E-state index in [1.807, 2.05) is 0 Å². The van der Waals surface area contributed by atoms with Crippen LogP contribution in [0.1, 0.15) is 92.4 Å². The quantitative estimate of drug-likeness (QED) is 0.0669. The Labute approximate surface area is 220 Å². The van der Waals surface area contributed by atoms with Gasteiger partial charge >= 0.3 is 5.97 Å². The fraction of sp³-hybridized carbons (Fsp3) is 0.724. The minimum atomic E-state index is -1.89. The van der Waals surface area contributed by atoms with Crippen molar-refractivity contribution in [3.63, 3.8) is 0 Å². The van der Waals surface area contributed by atoms with Gasteiger partial charge < -0.3 is 9.16 Å². The van der Waals surface area contributed by atoms with E-state index in [0.29, 0.717) is 6.42 Å². The zero-order chi connectivity index (χ0) is 26.5. The molecule has 0 aliphatic heterocycles. The van der Waals surface area contributed by atoms with Gasteiger partial charge in [0.15, 0.2) is 14.1 Å². The van der Waals surface area contributed by atoms with Crippen LogP contribution in [0.15, 0.2) is 34.8 Å². The lowest BCUT2D eigenvalue weighted by atomic mass is 9.98. The molecule has 0 aromatic carbocycles. The Morgan fingerprint density at radius 3 is 2.46 bits per heavy atom. The maximum atomic E-state index is 13.1. The van der Waals surface area contributed by atoms with Crippen LogP contribution in [0.5, 0.6) is 0 Å². The summed E-state index contributed by atoms with van der Waals surface area (Å²) in [6, 6.07) is 0. The van der Waals surface area contributed by atoms with Gasteiger partial charge in [-0.3, -0.25) is 9.59 Å². The highest BCUT2D eigenvalue weighted by Crippen LogP contribution is 2.39. The van der Waals surface area contributed by atoms with Gasteiger partial charge in [-0.05, 0) is 49.6 Å². The minimum Gasteiger partial charge on any atom is -0.469 e. The van der Waals surface area contributed by atoms with Gasteiger partial charge in [-0.2, -0.15) is 0 Å². The van der Waals surface area contributed by atoms with E-state index in [2.05, 4.69) is 72.0 Å². The molecular formula is C29H50O4SSi. The Balaban J connectivity index is 2.96. The molecule has 0 aromatic rings. The van der Waals surface area contributed by atoms with E-state index in [1.165, 1.54) is 20.0 Å². The van der Waals surface area contributed by atoms with Gasteiger partial charge in [0.25, 0.3) is 0 Å². The van der Waals surface area contributed by atoms with Crippen molar-refractivity contribution in [2.45, 2.75) is 117 Å². The summed E-state index contributed by atoms with van der Waals surface area (Å²) < 4.78 is 11.5. The van der Waals surface area contributed by atoms with Crippen LogP contribution in [-0.2, 0) is 18.8 Å². The van der Waals surface area contributed by atoms with E-state index < -0.39 is 8.32 Å². The highest BCUT2D eigenvalue weighted by molar-refractivity contribution is 8.04. The molecule has 35 heavy (non-hydrogen) atoms. The third kappa shape index (κ3) is 11.2. The average Bonchev–Trinajstić information content (AvgIpc) is 3.08. The topological polar surface area (TPSA) is 52.6 Å². The van der Waals surface area contributed by atoms with Crippen LogP contribution in [0.2, 0.25) is 18.1 Å². The molecule has 4 nitrogen and oxygen atoms in total. The van der Waals surface area contributed by atoms with Crippen LogP contribution in [0, 0.1) is 5.92 Å². The molecule has 1 aliphatic carbocycles. The van der Waals surface area contributed by atoms with Gasteiger partial charge in [-0.15, -0.1) is 11.8 Å². The molecule has 0 bridgehead atoms. The van der Waals surface area contributed by atoms with Gasteiger partial charge in [-0.1, -0.05) is 84.6 Å². The zero-order valence-corrected chi connectivity index (χ0v) is 25.4. The molecule has 6 heteroatoms. The lowest BCUT2D eigenvalue weighted by molar-refractivity contribution is -0.140. The number of carbonyl (C=O) groups is 2. The third-order valence-corrected chi connectivity index (χ3v) is 12.5. The van der Waals surface area contributed by atoms with E-state index in [9.17, 15) is 9.59 Å². The first-order valence-electron chi connectivity index (χ1n) is 13.5. The molecule has 0 saturated heterocycles. The number of rotatable bonds is 16. The van der Waals surface area contributed by atoms with Crippen LogP contribution in [-0.4, -0.2) is 39.0 Å². The Kier molecular flexibility index (Phi) is 14.5. The second-order valence-electron chi connectivity index (χ2n) is 11.0. The third-order valence-electron chi connectivity index (χ3n) is 7.03. The smallest absolute Gasteiger partial charge is 0.305 e. The standard InChI is InChI=1S/C29H50O4SSi/c1-9-11-14-17-24(33-35(7,8)29(3,4)5)21-20-23-22-26(34-10-2)28(31)25(23)18-15-12-13-16-19-27(30)32-6/h18,20-24H,9-17,19H2,1-8H3. The van der Waals surface area contributed by atoms with Crippen molar-refractivity contribution in [2.75, 3.05) is 12.9 Å². The Morgan fingerprint density at radius 1 is 1.14 bits per heavy atom. The van der Waals surface area contributed by atoms with Crippen molar-refractivity contribution in [2.24, 2.45) is 5.92 Å². The number of methoxy groups -OCH3 is 1. The van der Waals surface area contributed by atoms with Gasteiger partial charge in [-0.25, -0.2) is 0 Å². The van der Waals surface area contributed by atoms with E-state index in [1.54, 1.807) is 11.8 Å². The predicted molar refractivity (Wildman–Crippen MR) is 153 cm³/mol. The van der Waals surface area contributed by atoms with Crippen LogP contribution < -0.4 is 0 Å². The maximum Gasteiger partial charge on any atom is 0.305 e. The maximum absolute atomic E-state index is 13.1. The molecule has 200 valence electrons. The van der Waals surface area contributed by atoms with Crippen LogP contribution in [0.3, 0.4) is 0 Å². The fourth-order valence-corrected chi connectivity index (χ4v) is 5.93. The number of carbonyl (C=O) groups excluding carboxylic acids is 2. The molecular weight excluding hydrogens is 472 g/mol.